The summed E-state index contributed by atoms with van der Waals surface area (Å²) >= 11 is 0. The van der Waals surface area contributed by atoms with Gasteiger partial charge in [0.25, 0.3) is 0 Å². The summed E-state index contributed by atoms with van der Waals surface area (Å²) < 4.78 is 2.38. The summed E-state index contributed by atoms with van der Waals surface area (Å²) in [6, 6.07) is 63.9. The number of rotatable bonds is 5. The number of aromatic nitrogens is 4. The summed E-state index contributed by atoms with van der Waals surface area (Å²) in [6.45, 7) is 0. The molecule has 0 radical (unpaired) electrons. The second-order valence-electron chi connectivity index (χ2n) is 12.9. The van der Waals surface area contributed by atoms with Crippen molar-refractivity contribution < 1.29 is 0 Å². The van der Waals surface area contributed by atoms with E-state index in [1.54, 1.807) is 0 Å². The van der Waals surface area contributed by atoms with Crippen LogP contribution in [0.5, 0.6) is 0 Å². The van der Waals surface area contributed by atoms with E-state index in [4.69, 9.17) is 15.0 Å². The summed E-state index contributed by atoms with van der Waals surface area (Å²) in [6.07, 6.45) is 0. The van der Waals surface area contributed by atoms with Crippen molar-refractivity contribution >= 4 is 43.4 Å². The number of hydrogen-bond acceptors (Lipinski definition) is 3. The van der Waals surface area contributed by atoms with E-state index in [2.05, 4.69) is 162 Å². The van der Waals surface area contributed by atoms with Crippen LogP contribution in [0.4, 0.5) is 0 Å². The van der Waals surface area contributed by atoms with Crippen LogP contribution < -0.4 is 0 Å². The fourth-order valence-electron chi connectivity index (χ4n) is 7.41. The first-order chi connectivity index (χ1) is 25.3. The van der Waals surface area contributed by atoms with Gasteiger partial charge in [-0.25, -0.2) is 15.0 Å². The van der Waals surface area contributed by atoms with E-state index in [1.807, 2.05) is 24.3 Å². The lowest BCUT2D eigenvalue weighted by molar-refractivity contribution is 1.07. The third kappa shape index (κ3) is 4.96. The fraction of sp³-hybridized carbons (Fsp3) is 0. The maximum Gasteiger partial charge on any atom is 0.164 e. The first-order valence-electron chi connectivity index (χ1n) is 17.2. The molecule has 0 N–H and O–H groups in total. The van der Waals surface area contributed by atoms with Crippen LogP contribution in [0.15, 0.2) is 182 Å². The molecule has 8 aromatic carbocycles. The Balaban J connectivity index is 1.27. The lowest BCUT2D eigenvalue weighted by Gasteiger charge is -2.16. The van der Waals surface area contributed by atoms with Crippen molar-refractivity contribution in [1.29, 1.82) is 0 Å². The molecule has 0 bridgehead atoms. The van der Waals surface area contributed by atoms with Crippen molar-refractivity contribution in [3.63, 3.8) is 0 Å². The number of fused-ring (bicyclic) bond motifs is 5. The Labute approximate surface area is 295 Å². The quantitative estimate of drug-likeness (QED) is 0.186. The molecule has 0 aliphatic heterocycles. The van der Waals surface area contributed by atoms with Gasteiger partial charge in [0.15, 0.2) is 17.5 Å². The molecule has 2 heterocycles. The predicted octanol–water partition coefficient (Wildman–Crippen LogP) is 11.9. The van der Waals surface area contributed by atoms with Gasteiger partial charge in [-0.3, -0.25) is 0 Å². The molecule has 4 heteroatoms. The van der Waals surface area contributed by atoms with Gasteiger partial charge in [-0.1, -0.05) is 146 Å². The highest BCUT2D eigenvalue weighted by Crippen LogP contribution is 2.39. The van der Waals surface area contributed by atoms with Crippen molar-refractivity contribution in [3.8, 4) is 51.0 Å². The third-order valence-electron chi connectivity index (χ3n) is 9.80. The van der Waals surface area contributed by atoms with Crippen LogP contribution in [0, 0.1) is 0 Å². The van der Waals surface area contributed by atoms with Crippen molar-refractivity contribution in [2.75, 3.05) is 0 Å². The highest BCUT2D eigenvalue weighted by atomic mass is 15.0. The normalized spacial score (nSPS) is 11.5. The molecule has 0 atom stereocenters. The molecule has 0 unspecified atom stereocenters. The molecule has 0 spiro atoms. The van der Waals surface area contributed by atoms with Crippen LogP contribution in [-0.4, -0.2) is 19.5 Å². The van der Waals surface area contributed by atoms with Gasteiger partial charge in [-0.05, 0) is 63.7 Å². The van der Waals surface area contributed by atoms with Gasteiger partial charge < -0.3 is 4.57 Å². The molecule has 51 heavy (non-hydrogen) atoms. The number of nitrogens with zero attached hydrogens (tertiary/aromatic N) is 4. The molecular formula is C47H30N4. The lowest BCUT2D eigenvalue weighted by Crippen LogP contribution is -2.02. The Kier molecular flexibility index (Phi) is 6.78. The average molecular weight is 651 g/mol. The zero-order chi connectivity index (χ0) is 33.7. The summed E-state index contributed by atoms with van der Waals surface area (Å²) in [5, 5.41) is 7.03. The van der Waals surface area contributed by atoms with Crippen LogP contribution >= 0.6 is 0 Å². The monoisotopic (exact) mass is 650 g/mol. The van der Waals surface area contributed by atoms with E-state index >= 15 is 0 Å². The van der Waals surface area contributed by atoms with Gasteiger partial charge in [-0.15, -0.1) is 0 Å². The topological polar surface area (TPSA) is 43.6 Å². The van der Waals surface area contributed by atoms with Crippen molar-refractivity contribution in [2.24, 2.45) is 0 Å². The van der Waals surface area contributed by atoms with Crippen LogP contribution in [0.2, 0.25) is 0 Å². The maximum atomic E-state index is 5.31. The average Bonchev–Trinajstić information content (AvgIpc) is 3.54. The van der Waals surface area contributed by atoms with Crippen LogP contribution in [0.1, 0.15) is 0 Å². The Morgan fingerprint density at radius 1 is 0.314 bits per heavy atom. The second kappa shape index (κ2) is 11.9. The summed E-state index contributed by atoms with van der Waals surface area (Å²) in [5.74, 6) is 1.89. The number of benzene rings is 8. The predicted molar refractivity (Wildman–Crippen MR) is 211 cm³/mol. The van der Waals surface area contributed by atoms with Crippen molar-refractivity contribution in [3.05, 3.63) is 182 Å². The van der Waals surface area contributed by atoms with Gasteiger partial charge in [0.2, 0.25) is 0 Å². The van der Waals surface area contributed by atoms with E-state index in [1.165, 1.54) is 16.2 Å². The largest absolute Gasteiger partial charge is 0.309 e. The second-order valence-corrected chi connectivity index (χ2v) is 12.9. The van der Waals surface area contributed by atoms with E-state index in [9.17, 15) is 0 Å². The van der Waals surface area contributed by atoms with Gasteiger partial charge in [0.1, 0.15) is 0 Å². The van der Waals surface area contributed by atoms with Gasteiger partial charge in [-0.2, -0.15) is 0 Å². The number of hydrogen-bond donors (Lipinski definition) is 0. The molecule has 10 aromatic rings. The zero-order valence-electron chi connectivity index (χ0n) is 27.6. The molecule has 0 amide bonds. The van der Waals surface area contributed by atoms with Gasteiger partial charge >= 0.3 is 0 Å². The standard InChI is InChI=1S/C47H30N4/c1-3-15-31(16-4-1)40-28-33-19-7-8-20-34(33)29-41(40)47-49-45(32-17-5-2-6-18-32)48-46(50-47)36-27-35-21-9-10-22-37(35)44(30-36)51-42-25-13-11-23-38(42)39-24-12-14-26-43(39)51/h1-30H. The third-order valence-corrected chi connectivity index (χ3v) is 9.80. The Bertz CT molecular complexity index is 2860. The SMILES string of the molecule is c1ccc(-c2nc(-c3cc(-n4c5ccccc5c5ccccc54)c4ccccc4c3)nc(-c3cc4ccccc4cc3-c3ccccc3)n2)cc1. The summed E-state index contributed by atoms with van der Waals surface area (Å²) in [5.41, 5.74) is 8.41. The van der Waals surface area contributed by atoms with E-state index < -0.39 is 0 Å². The number of para-hydroxylation sites is 2. The summed E-state index contributed by atoms with van der Waals surface area (Å²) in [4.78, 5) is 15.7. The Morgan fingerprint density at radius 3 is 1.43 bits per heavy atom. The van der Waals surface area contributed by atoms with Gasteiger partial charge in [0.05, 0.1) is 16.7 Å². The molecule has 0 aliphatic carbocycles. The highest BCUT2D eigenvalue weighted by Gasteiger charge is 2.20. The minimum Gasteiger partial charge on any atom is -0.309 e. The zero-order valence-corrected chi connectivity index (χ0v) is 27.6. The molecule has 4 nitrogen and oxygen atoms in total. The van der Waals surface area contributed by atoms with E-state index in [-0.39, 0.29) is 0 Å². The minimum absolute atomic E-state index is 0.624. The highest BCUT2D eigenvalue weighted by molar-refractivity contribution is 6.11. The lowest BCUT2D eigenvalue weighted by atomic mass is 9.95. The molecule has 0 aliphatic rings. The fourth-order valence-corrected chi connectivity index (χ4v) is 7.41. The molecule has 238 valence electrons. The van der Waals surface area contributed by atoms with Crippen molar-refractivity contribution in [2.45, 2.75) is 0 Å². The van der Waals surface area contributed by atoms with E-state index in [0.717, 1.165) is 60.7 Å². The molecule has 0 saturated heterocycles. The van der Waals surface area contributed by atoms with Crippen molar-refractivity contribution in [1.82, 2.24) is 19.5 Å². The maximum absolute atomic E-state index is 5.31. The van der Waals surface area contributed by atoms with Crippen LogP contribution in [0.25, 0.3) is 94.3 Å². The van der Waals surface area contributed by atoms with Gasteiger partial charge in [0, 0.05) is 32.8 Å². The first kappa shape index (κ1) is 29.0. The molecule has 0 fully saturated rings. The Hall–Kier alpha value is -6.91. The molecule has 2 aromatic heterocycles. The first-order valence-corrected chi connectivity index (χ1v) is 17.2. The smallest absolute Gasteiger partial charge is 0.164 e. The Morgan fingerprint density at radius 2 is 0.784 bits per heavy atom. The molecule has 0 saturated carbocycles. The van der Waals surface area contributed by atoms with Crippen LogP contribution in [0.3, 0.4) is 0 Å². The van der Waals surface area contributed by atoms with E-state index in [0.29, 0.717) is 17.5 Å². The van der Waals surface area contributed by atoms with Crippen LogP contribution in [-0.2, 0) is 0 Å². The molecular weight excluding hydrogens is 621 g/mol. The minimum atomic E-state index is 0.624. The summed E-state index contributed by atoms with van der Waals surface area (Å²) in [7, 11) is 0. The molecule has 10 rings (SSSR count).